The maximum Gasteiger partial charge on any atom is 0.119 e. The van der Waals surface area contributed by atoms with E-state index in [1.807, 2.05) is 36.6 Å². The molecule has 1 aliphatic heterocycles. The Kier molecular flexibility index (Phi) is 2.53. The summed E-state index contributed by atoms with van der Waals surface area (Å²) in [7, 11) is 0. The average Bonchev–Trinajstić information content (AvgIpc) is 2.00. The van der Waals surface area contributed by atoms with E-state index in [1.54, 1.807) is 11.6 Å². The molecule has 1 rings (SSSR count). The van der Waals surface area contributed by atoms with Crippen molar-refractivity contribution in [1.29, 1.82) is 0 Å². The molecule has 0 amide bonds. The quantitative estimate of drug-likeness (QED) is 0.443. The van der Waals surface area contributed by atoms with Crippen LogP contribution in [0.1, 0.15) is 0 Å². The first-order valence-corrected chi connectivity index (χ1v) is 2.85. The van der Waals surface area contributed by atoms with E-state index in [9.17, 15) is 0 Å². The Morgan fingerprint density at radius 2 is 1.67 bits per heavy atom. The molecular formula is C7H9N2+. The number of hydrogen-bond donors (Lipinski definition) is 1. The molecule has 0 fully saturated rings. The molecule has 46 valence electrons. The van der Waals surface area contributed by atoms with Gasteiger partial charge in [-0.25, -0.2) is 0 Å². The third-order valence-electron chi connectivity index (χ3n) is 0.900. The molecule has 1 aliphatic rings. The molecule has 0 aliphatic carbocycles. The highest BCUT2D eigenvalue weighted by atomic mass is 15.3. The summed E-state index contributed by atoms with van der Waals surface area (Å²) in [6.45, 7) is 0. The van der Waals surface area contributed by atoms with E-state index < -0.39 is 0 Å². The van der Waals surface area contributed by atoms with Crippen molar-refractivity contribution >= 4 is 6.21 Å². The van der Waals surface area contributed by atoms with Crippen LogP contribution in [0.2, 0.25) is 0 Å². The highest BCUT2D eigenvalue weighted by Crippen LogP contribution is 1.76. The molecule has 2 heteroatoms. The van der Waals surface area contributed by atoms with Gasteiger partial charge in [-0.3, -0.25) is 0 Å². The second-order valence-electron chi connectivity index (χ2n) is 1.60. The first-order valence-electron chi connectivity index (χ1n) is 2.85. The van der Waals surface area contributed by atoms with E-state index in [1.165, 1.54) is 0 Å². The van der Waals surface area contributed by atoms with Gasteiger partial charge in [-0.2, -0.15) is 5.43 Å². The smallest absolute Gasteiger partial charge is 0.119 e. The Labute approximate surface area is 54.3 Å². The maximum absolute atomic E-state index is 3.93. The van der Waals surface area contributed by atoms with Gasteiger partial charge < -0.3 is 0 Å². The molecule has 0 aromatic carbocycles. The van der Waals surface area contributed by atoms with E-state index in [0.29, 0.717) is 0 Å². The Morgan fingerprint density at radius 3 is 2.67 bits per heavy atom. The third kappa shape index (κ3) is 2.61. The van der Waals surface area contributed by atoms with Gasteiger partial charge in [-0.1, -0.05) is 23.3 Å². The van der Waals surface area contributed by atoms with Gasteiger partial charge in [0.25, 0.3) is 0 Å². The summed E-state index contributed by atoms with van der Waals surface area (Å²) in [5.41, 5.74) is 1.75. The van der Waals surface area contributed by atoms with Crippen molar-refractivity contribution in [2.75, 3.05) is 0 Å². The van der Waals surface area contributed by atoms with Crippen molar-refractivity contribution < 1.29 is 5.43 Å². The molecule has 0 spiro atoms. The molecule has 0 saturated carbocycles. The zero-order valence-corrected chi connectivity index (χ0v) is 5.07. The SMILES string of the molecule is C1=C\C=C/[NH2+]/N=C\C=C/1. The fourth-order valence-electron chi connectivity index (χ4n) is 0.505. The first kappa shape index (κ1) is 5.98. The highest BCUT2D eigenvalue weighted by molar-refractivity contribution is 5.70. The maximum atomic E-state index is 3.93. The molecule has 0 radical (unpaired) electrons. The molecule has 0 aromatic rings. The monoisotopic (exact) mass is 121 g/mol. The summed E-state index contributed by atoms with van der Waals surface area (Å²) in [6, 6.07) is 0. The van der Waals surface area contributed by atoms with E-state index in [2.05, 4.69) is 5.10 Å². The van der Waals surface area contributed by atoms with E-state index in [0.717, 1.165) is 0 Å². The number of rotatable bonds is 0. The molecule has 1 heterocycles. The van der Waals surface area contributed by atoms with Gasteiger partial charge >= 0.3 is 0 Å². The molecule has 0 atom stereocenters. The number of nitrogens with two attached hydrogens (primary N) is 1. The van der Waals surface area contributed by atoms with Crippen LogP contribution in [0.15, 0.2) is 41.7 Å². The minimum Gasteiger partial charge on any atom is -0.194 e. The summed E-state index contributed by atoms with van der Waals surface area (Å²) < 4.78 is 0. The van der Waals surface area contributed by atoms with Crippen LogP contribution in [0.4, 0.5) is 0 Å². The second-order valence-corrected chi connectivity index (χ2v) is 1.60. The van der Waals surface area contributed by atoms with E-state index in [-0.39, 0.29) is 0 Å². The van der Waals surface area contributed by atoms with Gasteiger partial charge in [0.15, 0.2) is 0 Å². The zero-order valence-electron chi connectivity index (χ0n) is 5.07. The normalized spacial score (nSPS) is 31.1. The summed E-state index contributed by atoms with van der Waals surface area (Å²) >= 11 is 0. The van der Waals surface area contributed by atoms with Crippen LogP contribution in [0, 0.1) is 0 Å². The minimum atomic E-state index is 1.75. The van der Waals surface area contributed by atoms with Crippen LogP contribution < -0.4 is 5.43 Å². The Hall–Kier alpha value is -1.15. The Bertz CT molecular complexity index is 155. The predicted octanol–water partition coefficient (Wildman–Crippen LogP) is 0.175. The largest absolute Gasteiger partial charge is 0.194 e. The Morgan fingerprint density at radius 1 is 0.889 bits per heavy atom. The zero-order chi connectivity index (χ0) is 6.36. The average molecular weight is 121 g/mol. The minimum absolute atomic E-state index is 1.75. The van der Waals surface area contributed by atoms with Crippen LogP contribution >= 0.6 is 0 Å². The van der Waals surface area contributed by atoms with E-state index in [4.69, 9.17) is 0 Å². The van der Waals surface area contributed by atoms with Crippen molar-refractivity contribution in [3.05, 3.63) is 36.6 Å². The molecule has 0 bridgehead atoms. The van der Waals surface area contributed by atoms with Crippen molar-refractivity contribution in [3.63, 3.8) is 0 Å². The second kappa shape index (κ2) is 3.80. The lowest BCUT2D eigenvalue weighted by molar-refractivity contribution is -0.593. The van der Waals surface area contributed by atoms with Gasteiger partial charge in [-0.15, -0.1) is 0 Å². The topological polar surface area (TPSA) is 29.0 Å². The number of quaternary nitrogens is 1. The predicted molar refractivity (Wildman–Crippen MR) is 37.8 cm³/mol. The van der Waals surface area contributed by atoms with Crippen LogP contribution in [0.5, 0.6) is 0 Å². The molecule has 9 heavy (non-hydrogen) atoms. The van der Waals surface area contributed by atoms with Gasteiger partial charge in [-0.05, 0) is 12.2 Å². The highest BCUT2D eigenvalue weighted by Gasteiger charge is 1.72. The summed E-state index contributed by atoms with van der Waals surface area (Å²) in [5, 5.41) is 3.93. The van der Waals surface area contributed by atoms with Gasteiger partial charge in [0.2, 0.25) is 0 Å². The first-order chi connectivity index (χ1) is 4.50. The fraction of sp³-hybridized carbons (Fsp3) is 0. The van der Waals surface area contributed by atoms with Crippen LogP contribution in [0.25, 0.3) is 0 Å². The molecule has 2 nitrogen and oxygen atoms in total. The summed E-state index contributed by atoms with van der Waals surface area (Å²) in [6.07, 6.45) is 13.3. The van der Waals surface area contributed by atoms with Crippen molar-refractivity contribution in [1.82, 2.24) is 0 Å². The number of allylic oxidation sites excluding steroid dienone is 5. The van der Waals surface area contributed by atoms with E-state index >= 15 is 0 Å². The van der Waals surface area contributed by atoms with Gasteiger partial charge in [0.05, 0.1) is 6.21 Å². The molecule has 0 unspecified atom stereocenters. The van der Waals surface area contributed by atoms with Gasteiger partial charge in [0, 0.05) is 0 Å². The summed E-state index contributed by atoms with van der Waals surface area (Å²) in [5.74, 6) is 0. The van der Waals surface area contributed by atoms with Gasteiger partial charge in [0.1, 0.15) is 6.20 Å². The number of nitrogens with zero attached hydrogens (tertiary/aromatic N) is 1. The molecule has 0 saturated heterocycles. The standard InChI is InChI=1S/C7H8N2/c1-2-4-6-8-9-7-5-3-1/h1-8H/p+1/b2-1-,5-3-,6-4-,9-7-. The molecule has 2 N–H and O–H groups in total. The van der Waals surface area contributed by atoms with Crippen LogP contribution in [-0.4, -0.2) is 6.21 Å². The number of hydrogen-bond acceptors (Lipinski definition) is 1. The Balaban J connectivity index is 2.60. The lowest BCUT2D eigenvalue weighted by Gasteiger charge is -1.74. The summed E-state index contributed by atoms with van der Waals surface area (Å²) in [4.78, 5) is 0. The van der Waals surface area contributed by atoms with Crippen LogP contribution in [0.3, 0.4) is 0 Å². The molecular weight excluding hydrogens is 112 g/mol. The van der Waals surface area contributed by atoms with Crippen molar-refractivity contribution in [2.45, 2.75) is 0 Å². The third-order valence-corrected chi connectivity index (χ3v) is 0.900. The van der Waals surface area contributed by atoms with Crippen molar-refractivity contribution in [3.8, 4) is 0 Å². The van der Waals surface area contributed by atoms with Crippen molar-refractivity contribution in [2.24, 2.45) is 5.10 Å². The lowest BCUT2D eigenvalue weighted by atomic mass is 10.4. The fourth-order valence-corrected chi connectivity index (χ4v) is 0.505. The molecule has 0 aromatic heterocycles. The van der Waals surface area contributed by atoms with Crippen LogP contribution in [-0.2, 0) is 0 Å². The lowest BCUT2D eigenvalue weighted by Crippen LogP contribution is -2.70.